The van der Waals surface area contributed by atoms with Crippen LogP contribution >= 0.6 is 0 Å². The molecule has 0 aliphatic carbocycles. The van der Waals surface area contributed by atoms with Crippen LogP contribution in [0.3, 0.4) is 0 Å². The highest BCUT2D eigenvalue weighted by Crippen LogP contribution is 2.21. The first-order valence-corrected chi connectivity index (χ1v) is 11.6. The van der Waals surface area contributed by atoms with E-state index in [1.807, 2.05) is 4.90 Å². The average molecular weight is 423 g/mol. The molecule has 2 aromatic carbocycles. The number of benzene rings is 2. The van der Waals surface area contributed by atoms with E-state index in [1.165, 1.54) is 16.3 Å². The summed E-state index contributed by atoms with van der Waals surface area (Å²) in [5, 5.41) is 6.04. The van der Waals surface area contributed by atoms with Gasteiger partial charge in [-0.25, -0.2) is 0 Å². The lowest BCUT2D eigenvalue weighted by molar-refractivity contribution is -0.140. The lowest BCUT2D eigenvalue weighted by atomic mass is 9.95. The first-order chi connectivity index (χ1) is 15.3. The molecule has 0 saturated carbocycles. The molecule has 0 bridgehead atoms. The van der Waals surface area contributed by atoms with Crippen molar-refractivity contribution in [3.8, 4) is 0 Å². The molecule has 2 heterocycles. The molecule has 1 amide bonds. The highest BCUT2D eigenvalue weighted by molar-refractivity contribution is 5.86. The van der Waals surface area contributed by atoms with Crippen LogP contribution in [0.5, 0.6) is 0 Å². The van der Waals surface area contributed by atoms with Crippen molar-refractivity contribution >= 4 is 22.6 Å². The van der Waals surface area contributed by atoms with E-state index in [0.29, 0.717) is 19.1 Å². The number of fused-ring (bicyclic) bond motifs is 1. The van der Waals surface area contributed by atoms with E-state index in [1.54, 1.807) is 0 Å². The zero-order valence-corrected chi connectivity index (χ0v) is 18.6. The molecule has 166 valence electrons. The van der Waals surface area contributed by atoms with E-state index >= 15 is 0 Å². The fourth-order valence-electron chi connectivity index (χ4n) is 4.60. The highest BCUT2D eigenvalue weighted by Gasteiger charge is 2.30. The molecule has 0 atom stereocenters. The number of rotatable bonds is 5. The van der Waals surface area contributed by atoms with Crippen molar-refractivity contribution in [3.63, 3.8) is 0 Å². The Morgan fingerprint density at radius 1 is 1.03 bits per heavy atom. The molecule has 0 unspecified atom stereocenters. The van der Waals surface area contributed by atoms with E-state index in [4.69, 9.17) is 9.73 Å². The Morgan fingerprint density at radius 3 is 2.55 bits per heavy atom. The summed E-state index contributed by atoms with van der Waals surface area (Å²) < 4.78 is 5.38. The van der Waals surface area contributed by atoms with Crippen LogP contribution in [-0.2, 0) is 16.0 Å². The molecular formula is C25H34N4O2. The van der Waals surface area contributed by atoms with Crippen molar-refractivity contribution in [2.75, 3.05) is 52.5 Å². The number of ether oxygens (including phenoxy) is 1. The van der Waals surface area contributed by atoms with Crippen LogP contribution in [0.2, 0.25) is 0 Å². The number of carbonyl (C=O) groups excluding carboxylic acids is 1. The number of carbonyl (C=O) groups is 1. The maximum absolute atomic E-state index is 12.8. The summed E-state index contributed by atoms with van der Waals surface area (Å²) >= 11 is 0. The van der Waals surface area contributed by atoms with Gasteiger partial charge in [-0.1, -0.05) is 42.5 Å². The molecule has 0 aromatic heterocycles. The third-order valence-corrected chi connectivity index (χ3v) is 6.32. The molecule has 2 aromatic rings. The van der Waals surface area contributed by atoms with Crippen LogP contribution in [0.1, 0.15) is 25.3 Å². The molecular weight excluding hydrogens is 388 g/mol. The van der Waals surface area contributed by atoms with E-state index in [2.05, 4.69) is 59.6 Å². The number of aliphatic imine (C=N–C) groups is 1. The lowest BCUT2D eigenvalue weighted by Gasteiger charge is -2.36. The Balaban J connectivity index is 1.34. The molecule has 2 saturated heterocycles. The normalized spacial score (nSPS) is 18.4. The number of hydrogen-bond donors (Lipinski definition) is 1. The third kappa shape index (κ3) is 5.37. The van der Waals surface area contributed by atoms with Gasteiger partial charge in [-0.3, -0.25) is 9.79 Å². The van der Waals surface area contributed by atoms with Gasteiger partial charge in [0.25, 0.3) is 0 Å². The summed E-state index contributed by atoms with van der Waals surface area (Å²) in [6.07, 6.45) is 2.70. The van der Waals surface area contributed by atoms with Gasteiger partial charge in [0.05, 0.1) is 13.2 Å². The molecule has 4 rings (SSSR count). The first-order valence-electron chi connectivity index (χ1n) is 11.6. The second-order valence-electron chi connectivity index (χ2n) is 8.32. The maximum atomic E-state index is 12.8. The van der Waals surface area contributed by atoms with Gasteiger partial charge in [0, 0.05) is 45.2 Å². The van der Waals surface area contributed by atoms with Crippen LogP contribution in [-0.4, -0.2) is 74.1 Å². The van der Waals surface area contributed by atoms with Gasteiger partial charge in [-0.15, -0.1) is 0 Å². The maximum Gasteiger partial charge on any atom is 0.225 e. The Hall–Kier alpha value is -2.60. The quantitative estimate of drug-likeness (QED) is 0.595. The molecule has 2 aliphatic heterocycles. The first kappa shape index (κ1) is 21.6. The minimum absolute atomic E-state index is 0.132. The number of morpholine rings is 1. The fraction of sp³-hybridized carbons (Fsp3) is 0.520. The standard InChI is InChI=1S/C25H34N4O2/c1-2-26-25(27-13-10-21-8-5-7-20-6-3-4-9-23(20)21)29-14-11-22(12-15-29)24(30)28-16-18-31-19-17-28/h3-9,22H,2,10-19H2,1H3,(H,26,27). The summed E-state index contributed by atoms with van der Waals surface area (Å²) in [4.78, 5) is 22.0. The van der Waals surface area contributed by atoms with Gasteiger partial charge in [0.1, 0.15) is 0 Å². The van der Waals surface area contributed by atoms with Crippen molar-refractivity contribution in [2.45, 2.75) is 26.2 Å². The molecule has 2 fully saturated rings. The zero-order chi connectivity index (χ0) is 21.5. The summed E-state index contributed by atoms with van der Waals surface area (Å²) in [7, 11) is 0. The van der Waals surface area contributed by atoms with Gasteiger partial charge in [0.15, 0.2) is 5.96 Å². The van der Waals surface area contributed by atoms with Crippen LogP contribution < -0.4 is 5.32 Å². The van der Waals surface area contributed by atoms with E-state index in [-0.39, 0.29) is 5.92 Å². The second-order valence-corrected chi connectivity index (χ2v) is 8.32. The van der Waals surface area contributed by atoms with Crippen LogP contribution in [0.25, 0.3) is 10.8 Å². The van der Waals surface area contributed by atoms with Crippen LogP contribution in [0, 0.1) is 5.92 Å². The molecule has 1 N–H and O–H groups in total. The van der Waals surface area contributed by atoms with Gasteiger partial charge in [-0.05, 0) is 42.5 Å². The van der Waals surface area contributed by atoms with Crippen molar-refractivity contribution in [3.05, 3.63) is 48.0 Å². The molecule has 31 heavy (non-hydrogen) atoms. The zero-order valence-electron chi connectivity index (χ0n) is 18.6. The summed E-state index contributed by atoms with van der Waals surface area (Å²) in [5.41, 5.74) is 1.34. The largest absolute Gasteiger partial charge is 0.378 e. The van der Waals surface area contributed by atoms with E-state index in [0.717, 1.165) is 64.5 Å². The number of nitrogens with zero attached hydrogens (tertiary/aromatic N) is 3. The predicted molar refractivity (Wildman–Crippen MR) is 125 cm³/mol. The summed E-state index contributed by atoms with van der Waals surface area (Å²) in [6, 6.07) is 15.0. The van der Waals surface area contributed by atoms with Gasteiger partial charge >= 0.3 is 0 Å². The van der Waals surface area contributed by atoms with Gasteiger partial charge in [-0.2, -0.15) is 0 Å². The average Bonchev–Trinajstić information content (AvgIpc) is 2.84. The Morgan fingerprint density at radius 2 is 1.77 bits per heavy atom. The summed E-state index contributed by atoms with van der Waals surface area (Å²) in [6.45, 7) is 8.25. The number of hydrogen-bond acceptors (Lipinski definition) is 3. The van der Waals surface area contributed by atoms with Crippen molar-refractivity contribution < 1.29 is 9.53 Å². The van der Waals surface area contributed by atoms with E-state index in [9.17, 15) is 4.79 Å². The SMILES string of the molecule is CCNC(=NCCc1cccc2ccccc12)N1CCC(C(=O)N2CCOCC2)CC1. The third-order valence-electron chi connectivity index (χ3n) is 6.32. The predicted octanol–water partition coefficient (Wildman–Crippen LogP) is 2.92. The number of piperidine rings is 1. The fourth-order valence-corrected chi connectivity index (χ4v) is 4.60. The number of nitrogens with one attached hydrogen (secondary N) is 1. The highest BCUT2D eigenvalue weighted by atomic mass is 16.5. The monoisotopic (exact) mass is 422 g/mol. The second kappa shape index (κ2) is 10.6. The minimum Gasteiger partial charge on any atom is -0.378 e. The summed E-state index contributed by atoms with van der Waals surface area (Å²) in [5.74, 6) is 1.41. The molecule has 2 aliphatic rings. The smallest absolute Gasteiger partial charge is 0.225 e. The van der Waals surface area contributed by atoms with Gasteiger partial charge < -0.3 is 19.9 Å². The molecule has 0 radical (unpaired) electrons. The molecule has 6 nitrogen and oxygen atoms in total. The Labute approximate surface area is 185 Å². The molecule has 6 heteroatoms. The number of likely N-dealkylation sites (tertiary alicyclic amines) is 1. The topological polar surface area (TPSA) is 57.2 Å². The minimum atomic E-state index is 0.132. The van der Waals surface area contributed by atoms with Crippen molar-refractivity contribution in [2.24, 2.45) is 10.9 Å². The molecule has 0 spiro atoms. The van der Waals surface area contributed by atoms with Crippen LogP contribution in [0.4, 0.5) is 0 Å². The Bertz CT molecular complexity index is 894. The van der Waals surface area contributed by atoms with E-state index < -0.39 is 0 Å². The number of guanidine groups is 1. The number of amides is 1. The van der Waals surface area contributed by atoms with Crippen molar-refractivity contribution in [1.29, 1.82) is 0 Å². The Kier molecular flexibility index (Phi) is 7.41. The van der Waals surface area contributed by atoms with Gasteiger partial charge in [0.2, 0.25) is 5.91 Å². The van der Waals surface area contributed by atoms with Crippen LogP contribution in [0.15, 0.2) is 47.5 Å². The lowest BCUT2D eigenvalue weighted by Crippen LogP contribution is -2.50. The van der Waals surface area contributed by atoms with Crippen molar-refractivity contribution in [1.82, 2.24) is 15.1 Å².